The molecule has 0 spiro atoms. The quantitative estimate of drug-likeness (QED) is 0.189. The molecule has 0 heterocycles. The number of benzene rings is 4. The first-order valence-electron chi connectivity index (χ1n) is 13.2. The van der Waals surface area contributed by atoms with Crippen molar-refractivity contribution in [3.63, 3.8) is 0 Å². The number of aliphatic hydroxyl groups is 1. The Kier molecular flexibility index (Phi) is 9.85. The number of rotatable bonds is 12. The summed E-state index contributed by atoms with van der Waals surface area (Å²) in [6, 6.07) is 31.7. The van der Waals surface area contributed by atoms with Gasteiger partial charge in [0.05, 0.1) is 0 Å². The molecule has 0 aliphatic carbocycles. The molecule has 0 aliphatic heterocycles. The van der Waals surface area contributed by atoms with Gasteiger partial charge in [0.2, 0.25) is 0 Å². The Hall–Kier alpha value is -4.95. The van der Waals surface area contributed by atoms with Crippen LogP contribution in [-0.2, 0) is 27.4 Å². The molecule has 4 rings (SSSR count). The maximum absolute atomic E-state index is 12.8. The van der Waals surface area contributed by atoms with Crippen molar-refractivity contribution in [1.82, 2.24) is 5.32 Å². The second-order valence-corrected chi connectivity index (χ2v) is 9.76. The van der Waals surface area contributed by atoms with E-state index in [1.54, 1.807) is 12.1 Å². The number of amides is 2. The van der Waals surface area contributed by atoms with Crippen molar-refractivity contribution in [3.8, 4) is 11.1 Å². The van der Waals surface area contributed by atoms with Crippen LogP contribution in [0.3, 0.4) is 0 Å². The van der Waals surface area contributed by atoms with Gasteiger partial charge in [-0.25, -0.2) is 14.4 Å². The largest absolute Gasteiger partial charge is 0.480 e. The van der Waals surface area contributed by atoms with Gasteiger partial charge in [0, 0.05) is 5.92 Å². The Morgan fingerprint density at radius 1 is 0.756 bits per heavy atom. The summed E-state index contributed by atoms with van der Waals surface area (Å²) in [6.07, 6.45) is -1.23. The third-order valence-electron chi connectivity index (χ3n) is 6.78. The SMILES string of the molecule is NC(=O)NC(C(=O)O)C(CC(O)C(=O)OCc1cccc(Cc2ccccc2)c1)c1ccc(-c2ccccc2)cc1. The number of carboxylic acid groups (broad SMARTS) is 1. The number of nitrogens with two attached hydrogens (primary N) is 1. The second kappa shape index (κ2) is 13.9. The van der Waals surface area contributed by atoms with Crippen molar-refractivity contribution >= 4 is 18.0 Å². The fraction of sp³-hybridized carbons (Fsp3) is 0.182. The topological polar surface area (TPSA) is 139 Å². The van der Waals surface area contributed by atoms with Gasteiger partial charge in [-0.15, -0.1) is 0 Å². The molecule has 210 valence electrons. The third-order valence-corrected chi connectivity index (χ3v) is 6.78. The summed E-state index contributed by atoms with van der Waals surface area (Å²) in [4.78, 5) is 36.5. The lowest BCUT2D eigenvalue weighted by atomic mass is 9.85. The Morgan fingerprint density at radius 2 is 1.34 bits per heavy atom. The van der Waals surface area contributed by atoms with Crippen LogP contribution in [0.2, 0.25) is 0 Å². The van der Waals surface area contributed by atoms with Gasteiger partial charge in [0.25, 0.3) is 0 Å². The molecule has 0 bridgehead atoms. The highest BCUT2D eigenvalue weighted by atomic mass is 16.5. The van der Waals surface area contributed by atoms with Crippen LogP contribution < -0.4 is 11.1 Å². The minimum Gasteiger partial charge on any atom is -0.480 e. The van der Waals surface area contributed by atoms with Crippen molar-refractivity contribution in [1.29, 1.82) is 0 Å². The lowest BCUT2D eigenvalue weighted by Crippen LogP contribution is -2.48. The Morgan fingerprint density at radius 3 is 1.98 bits per heavy atom. The second-order valence-electron chi connectivity index (χ2n) is 9.76. The van der Waals surface area contributed by atoms with E-state index < -0.39 is 36.0 Å². The van der Waals surface area contributed by atoms with Crippen molar-refractivity contribution in [2.24, 2.45) is 5.73 Å². The standard InChI is InChI=1S/C33H32N2O6/c34-33(40)35-30(31(37)38)28(27-16-14-26(15-17-27)25-12-5-2-6-13-25)20-29(36)32(39)41-21-24-11-7-10-23(19-24)18-22-8-3-1-4-9-22/h1-17,19,28-30,36H,18,20-21H2,(H,37,38)(H3,34,35,40). The van der Waals surface area contributed by atoms with E-state index in [-0.39, 0.29) is 13.0 Å². The van der Waals surface area contributed by atoms with Crippen molar-refractivity contribution in [2.75, 3.05) is 0 Å². The van der Waals surface area contributed by atoms with E-state index in [1.807, 2.05) is 97.1 Å². The Bertz CT molecular complexity index is 1460. The molecule has 41 heavy (non-hydrogen) atoms. The molecule has 2 amide bonds. The maximum Gasteiger partial charge on any atom is 0.335 e. The zero-order valence-electron chi connectivity index (χ0n) is 22.4. The number of urea groups is 1. The van der Waals surface area contributed by atoms with Gasteiger partial charge in [-0.05, 0) is 46.2 Å². The molecule has 3 unspecified atom stereocenters. The summed E-state index contributed by atoms with van der Waals surface area (Å²) in [5, 5.41) is 22.8. The van der Waals surface area contributed by atoms with Crippen LogP contribution in [0.5, 0.6) is 0 Å². The zero-order chi connectivity index (χ0) is 29.2. The van der Waals surface area contributed by atoms with Crippen LogP contribution in [0, 0.1) is 0 Å². The lowest BCUT2D eigenvalue weighted by Gasteiger charge is -2.26. The van der Waals surface area contributed by atoms with E-state index in [1.165, 1.54) is 0 Å². The molecule has 0 radical (unpaired) electrons. The molecule has 3 atom stereocenters. The maximum atomic E-state index is 12.8. The van der Waals surface area contributed by atoms with Crippen LogP contribution in [0.4, 0.5) is 4.79 Å². The highest BCUT2D eigenvalue weighted by molar-refractivity contribution is 5.83. The summed E-state index contributed by atoms with van der Waals surface area (Å²) in [6.45, 7) is -0.0587. The normalized spacial score (nSPS) is 13.0. The summed E-state index contributed by atoms with van der Waals surface area (Å²) in [5.41, 5.74) is 10.6. The monoisotopic (exact) mass is 552 g/mol. The first-order valence-corrected chi connectivity index (χ1v) is 13.2. The Labute approximate surface area is 238 Å². The fourth-order valence-corrected chi connectivity index (χ4v) is 4.75. The number of hydrogen-bond donors (Lipinski definition) is 4. The molecule has 0 aromatic heterocycles. The number of esters is 1. The van der Waals surface area contributed by atoms with E-state index in [0.29, 0.717) is 5.56 Å². The predicted molar refractivity (Wildman–Crippen MR) is 155 cm³/mol. The van der Waals surface area contributed by atoms with Gasteiger partial charge < -0.3 is 26.0 Å². The molecule has 0 aliphatic rings. The number of carboxylic acids is 1. The van der Waals surface area contributed by atoms with Crippen LogP contribution in [0.15, 0.2) is 109 Å². The van der Waals surface area contributed by atoms with Gasteiger partial charge in [-0.1, -0.05) is 109 Å². The van der Waals surface area contributed by atoms with Crippen LogP contribution in [0.25, 0.3) is 11.1 Å². The van der Waals surface area contributed by atoms with Gasteiger partial charge in [-0.3, -0.25) is 0 Å². The number of aliphatic hydroxyl groups excluding tert-OH is 1. The first kappa shape index (κ1) is 29.0. The summed E-state index contributed by atoms with van der Waals surface area (Å²) in [5.74, 6) is -3.22. The number of carbonyl (C=O) groups is 3. The predicted octanol–water partition coefficient (Wildman–Crippen LogP) is 4.64. The van der Waals surface area contributed by atoms with Crippen LogP contribution >= 0.6 is 0 Å². The van der Waals surface area contributed by atoms with Gasteiger partial charge in [-0.2, -0.15) is 0 Å². The van der Waals surface area contributed by atoms with Gasteiger partial charge >= 0.3 is 18.0 Å². The van der Waals surface area contributed by atoms with E-state index in [0.717, 1.165) is 34.2 Å². The van der Waals surface area contributed by atoms with Crippen LogP contribution in [0.1, 0.15) is 34.6 Å². The summed E-state index contributed by atoms with van der Waals surface area (Å²) >= 11 is 0. The molecule has 5 N–H and O–H groups in total. The number of ether oxygens (including phenoxy) is 1. The molecule has 0 saturated carbocycles. The lowest BCUT2D eigenvalue weighted by molar-refractivity contribution is -0.156. The van der Waals surface area contributed by atoms with Crippen molar-refractivity contribution < 1.29 is 29.3 Å². The molecule has 8 heteroatoms. The molecular formula is C33H32N2O6. The van der Waals surface area contributed by atoms with E-state index in [4.69, 9.17) is 10.5 Å². The zero-order valence-corrected chi connectivity index (χ0v) is 22.4. The highest BCUT2D eigenvalue weighted by Crippen LogP contribution is 2.29. The van der Waals surface area contributed by atoms with Gasteiger partial charge in [0.1, 0.15) is 12.6 Å². The van der Waals surface area contributed by atoms with E-state index in [9.17, 15) is 24.6 Å². The average molecular weight is 553 g/mol. The molecule has 4 aromatic carbocycles. The number of carbonyl (C=O) groups excluding carboxylic acids is 2. The smallest absolute Gasteiger partial charge is 0.335 e. The summed E-state index contributed by atoms with van der Waals surface area (Å²) < 4.78 is 5.38. The average Bonchev–Trinajstić information content (AvgIpc) is 2.98. The first-order chi connectivity index (χ1) is 19.8. The summed E-state index contributed by atoms with van der Waals surface area (Å²) in [7, 11) is 0. The minimum atomic E-state index is -1.64. The number of hydrogen-bond acceptors (Lipinski definition) is 5. The Balaban J connectivity index is 1.46. The number of primary amides is 1. The number of aliphatic carboxylic acids is 1. The molecule has 0 fully saturated rings. The minimum absolute atomic E-state index is 0.0587. The van der Waals surface area contributed by atoms with E-state index >= 15 is 0 Å². The van der Waals surface area contributed by atoms with Gasteiger partial charge in [0.15, 0.2) is 6.10 Å². The molecular weight excluding hydrogens is 520 g/mol. The van der Waals surface area contributed by atoms with Crippen LogP contribution in [-0.4, -0.2) is 40.3 Å². The van der Waals surface area contributed by atoms with E-state index in [2.05, 4.69) is 5.32 Å². The highest BCUT2D eigenvalue weighted by Gasteiger charge is 2.34. The fourth-order valence-electron chi connectivity index (χ4n) is 4.75. The molecule has 8 nitrogen and oxygen atoms in total. The number of nitrogens with one attached hydrogen (secondary N) is 1. The molecule has 4 aromatic rings. The third kappa shape index (κ3) is 8.27. The molecule has 0 saturated heterocycles. The van der Waals surface area contributed by atoms with Crippen molar-refractivity contribution in [2.45, 2.75) is 37.5 Å². The van der Waals surface area contributed by atoms with Crippen molar-refractivity contribution in [3.05, 3.63) is 131 Å².